The van der Waals surface area contributed by atoms with Gasteiger partial charge in [0.1, 0.15) is 34.5 Å². The number of aliphatic hydroxyl groups excluding tert-OH is 2. The van der Waals surface area contributed by atoms with E-state index in [1.54, 1.807) is 42.7 Å². The summed E-state index contributed by atoms with van der Waals surface area (Å²) in [6.45, 7) is 3.20. The Labute approximate surface area is 238 Å². The number of methoxy groups -OCH3 is 6. The van der Waals surface area contributed by atoms with Crippen molar-refractivity contribution in [2.75, 3.05) is 82.9 Å². The zero-order valence-electron chi connectivity index (χ0n) is 25.1. The normalized spacial score (nSPS) is 23.4. The Morgan fingerprint density at radius 2 is 0.850 bits per heavy atom. The van der Waals surface area contributed by atoms with Crippen LogP contribution in [-0.2, 0) is 0 Å². The minimum Gasteiger partial charge on any atom is -0.496 e. The van der Waals surface area contributed by atoms with E-state index in [1.165, 1.54) is 0 Å². The molecule has 4 unspecified atom stereocenters. The Morgan fingerprint density at radius 3 is 1.07 bits per heavy atom. The number of rotatable bonds is 8. The number of nitrogens with zero attached hydrogens (tertiary/aromatic N) is 2. The van der Waals surface area contributed by atoms with E-state index < -0.39 is 12.2 Å². The van der Waals surface area contributed by atoms with Gasteiger partial charge in [0.25, 0.3) is 0 Å². The molecule has 0 aromatic heterocycles. The molecule has 2 heterocycles. The second-order valence-corrected chi connectivity index (χ2v) is 10.3. The monoisotopic (exact) mass is 562 g/mol. The number of hydrogen-bond acceptors (Lipinski definition) is 10. The maximum Gasteiger partial charge on any atom is 0.129 e. The lowest BCUT2D eigenvalue weighted by Crippen LogP contribution is -2.40. The SMILES string of the molecule is COc1cc(OC)c(C2CCN(C)CC2O)c(OC)c1.COc1cc(OC)c(C2CCN(C)CC2O)c(OC)c1. The molecule has 2 aliphatic heterocycles. The van der Waals surface area contributed by atoms with E-state index in [1.807, 2.05) is 38.4 Å². The maximum absolute atomic E-state index is 10.4. The van der Waals surface area contributed by atoms with Crippen LogP contribution in [0.15, 0.2) is 24.3 Å². The van der Waals surface area contributed by atoms with Crippen molar-refractivity contribution in [3.63, 3.8) is 0 Å². The predicted octanol–water partition coefficient (Wildman–Crippen LogP) is 2.98. The van der Waals surface area contributed by atoms with Crippen molar-refractivity contribution in [1.82, 2.24) is 9.80 Å². The van der Waals surface area contributed by atoms with Gasteiger partial charge in [-0.3, -0.25) is 0 Å². The summed E-state index contributed by atoms with van der Waals surface area (Å²) in [5.41, 5.74) is 1.85. The van der Waals surface area contributed by atoms with Gasteiger partial charge in [0.05, 0.1) is 54.9 Å². The van der Waals surface area contributed by atoms with Crippen LogP contribution in [0.5, 0.6) is 34.5 Å². The Balaban J connectivity index is 0.000000220. The Morgan fingerprint density at radius 1 is 0.550 bits per heavy atom. The van der Waals surface area contributed by atoms with Crippen molar-refractivity contribution in [2.24, 2.45) is 0 Å². The number of likely N-dealkylation sites (N-methyl/N-ethyl adjacent to an activating group) is 2. The first-order valence-corrected chi connectivity index (χ1v) is 13.5. The van der Waals surface area contributed by atoms with Crippen LogP contribution < -0.4 is 28.4 Å². The highest BCUT2D eigenvalue weighted by Gasteiger charge is 2.33. The Bertz CT molecular complexity index is 962. The average molecular weight is 563 g/mol. The van der Waals surface area contributed by atoms with E-state index in [4.69, 9.17) is 28.4 Å². The summed E-state index contributed by atoms with van der Waals surface area (Å²) in [7, 11) is 13.7. The van der Waals surface area contributed by atoms with Gasteiger partial charge < -0.3 is 48.4 Å². The van der Waals surface area contributed by atoms with Crippen molar-refractivity contribution in [3.8, 4) is 34.5 Å². The van der Waals surface area contributed by atoms with E-state index in [0.29, 0.717) is 47.6 Å². The number of likely N-dealkylation sites (tertiary alicyclic amines) is 2. The molecule has 2 fully saturated rings. The predicted molar refractivity (Wildman–Crippen MR) is 154 cm³/mol. The Kier molecular flexibility index (Phi) is 11.6. The van der Waals surface area contributed by atoms with Crippen LogP contribution in [0.2, 0.25) is 0 Å². The third-order valence-corrected chi connectivity index (χ3v) is 7.82. The quantitative estimate of drug-likeness (QED) is 0.499. The third-order valence-electron chi connectivity index (χ3n) is 7.82. The molecule has 4 rings (SSSR count). The molecule has 224 valence electrons. The van der Waals surface area contributed by atoms with Crippen LogP contribution in [0, 0.1) is 0 Å². The molecule has 2 aromatic carbocycles. The van der Waals surface area contributed by atoms with Gasteiger partial charge >= 0.3 is 0 Å². The summed E-state index contributed by atoms with van der Waals surface area (Å²) < 4.78 is 32.4. The van der Waals surface area contributed by atoms with Crippen LogP contribution in [0.3, 0.4) is 0 Å². The molecular formula is C30H46N2O8. The molecule has 10 heteroatoms. The number of β-amino-alcohol motifs (C(OH)–C–C–N with tert-alkyl or cyclic N) is 2. The molecule has 0 bridgehead atoms. The smallest absolute Gasteiger partial charge is 0.129 e. The minimum absolute atomic E-state index is 0.0157. The highest BCUT2D eigenvalue weighted by molar-refractivity contribution is 5.54. The first-order chi connectivity index (χ1) is 19.2. The topological polar surface area (TPSA) is 102 Å². The molecule has 2 aliphatic rings. The molecule has 0 spiro atoms. The van der Waals surface area contributed by atoms with Gasteiger partial charge in [0.15, 0.2) is 0 Å². The fourth-order valence-corrected chi connectivity index (χ4v) is 5.65. The zero-order valence-corrected chi connectivity index (χ0v) is 25.1. The van der Waals surface area contributed by atoms with Crippen LogP contribution in [0.4, 0.5) is 0 Å². The summed E-state index contributed by atoms with van der Waals surface area (Å²) in [4.78, 5) is 4.26. The molecule has 0 aliphatic carbocycles. The zero-order chi connectivity index (χ0) is 29.4. The van der Waals surface area contributed by atoms with Gasteiger partial charge in [-0.05, 0) is 40.0 Å². The van der Waals surface area contributed by atoms with Gasteiger partial charge in [-0.1, -0.05) is 0 Å². The summed E-state index contributed by atoms with van der Waals surface area (Å²) in [6.07, 6.45) is 0.892. The Hall–Kier alpha value is -2.92. The van der Waals surface area contributed by atoms with E-state index in [-0.39, 0.29) is 11.8 Å². The summed E-state index contributed by atoms with van der Waals surface area (Å²) in [6, 6.07) is 7.34. The number of benzene rings is 2. The van der Waals surface area contributed by atoms with Gasteiger partial charge in [-0.25, -0.2) is 0 Å². The van der Waals surface area contributed by atoms with Crippen molar-refractivity contribution in [3.05, 3.63) is 35.4 Å². The van der Waals surface area contributed by atoms with Gasteiger partial charge in [0.2, 0.25) is 0 Å². The highest BCUT2D eigenvalue weighted by Crippen LogP contribution is 2.44. The van der Waals surface area contributed by atoms with E-state index in [0.717, 1.165) is 37.1 Å². The average Bonchev–Trinajstić information content (AvgIpc) is 2.96. The molecular weight excluding hydrogens is 516 g/mol. The maximum atomic E-state index is 10.4. The molecule has 0 amide bonds. The van der Waals surface area contributed by atoms with Gasteiger partial charge in [0, 0.05) is 60.3 Å². The fraction of sp³-hybridized carbons (Fsp3) is 0.600. The molecule has 2 N–H and O–H groups in total. The summed E-state index contributed by atoms with van der Waals surface area (Å²) >= 11 is 0. The van der Waals surface area contributed by atoms with Gasteiger partial charge in [-0.2, -0.15) is 0 Å². The molecule has 40 heavy (non-hydrogen) atoms. The van der Waals surface area contributed by atoms with E-state index in [2.05, 4.69) is 9.80 Å². The molecule has 0 radical (unpaired) electrons. The third kappa shape index (κ3) is 7.23. The second kappa shape index (κ2) is 14.6. The van der Waals surface area contributed by atoms with Crippen molar-refractivity contribution in [1.29, 1.82) is 0 Å². The lowest BCUT2D eigenvalue weighted by molar-refractivity contribution is 0.0618. The lowest BCUT2D eigenvalue weighted by atomic mass is 9.86. The van der Waals surface area contributed by atoms with Crippen molar-refractivity contribution >= 4 is 0 Å². The molecule has 2 aromatic rings. The number of ether oxygens (including phenoxy) is 6. The van der Waals surface area contributed by atoms with Crippen molar-refractivity contribution < 1.29 is 38.6 Å². The number of aliphatic hydroxyl groups is 2. The van der Waals surface area contributed by atoms with Crippen LogP contribution in [-0.4, -0.2) is 115 Å². The standard InChI is InChI=1S/2C15H23NO4/c2*1-16-6-5-11(12(17)9-16)15-13(19-3)7-10(18-2)8-14(15)20-4/h2*7-8,11-12,17H,5-6,9H2,1-4H3. The summed E-state index contributed by atoms with van der Waals surface area (Å²) in [5.74, 6) is 4.22. The first kappa shape index (κ1) is 31.6. The minimum atomic E-state index is -0.426. The highest BCUT2D eigenvalue weighted by atomic mass is 16.5. The second-order valence-electron chi connectivity index (χ2n) is 10.3. The fourth-order valence-electron chi connectivity index (χ4n) is 5.65. The van der Waals surface area contributed by atoms with E-state index in [9.17, 15) is 10.2 Å². The van der Waals surface area contributed by atoms with Crippen LogP contribution in [0.25, 0.3) is 0 Å². The largest absolute Gasteiger partial charge is 0.496 e. The van der Waals surface area contributed by atoms with E-state index >= 15 is 0 Å². The van der Waals surface area contributed by atoms with Crippen molar-refractivity contribution in [2.45, 2.75) is 36.9 Å². The lowest BCUT2D eigenvalue weighted by Gasteiger charge is -2.35. The molecule has 4 atom stereocenters. The molecule has 0 saturated carbocycles. The molecule has 10 nitrogen and oxygen atoms in total. The van der Waals surface area contributed by atoms with Crippen LogP contribution in [0.1, 0.15) is 35.8 Å². The first-order valence-electron chi connectivity index (χ1n) is 13.5. The van der Waals surface area contributed by atoms with Crippen LogP contribution >= 0.6 is 0 Å². The van der Waals surface area contributed by atoms with Gasteiger partial charge in [-0.15, -0.1) is 0 Å². The number of hydrogen-bond donors (Lipinski definition) is 2. The number of piperidine rings is 2. The molecule has 2 saturated heterocycles. The summed E-state index contributed by atoms with van der Waals surface area (Å²) in [5, 5.41) is 20.8.